The van der Waals surface area contributed by atoms with E-state index in [1.807, 2.05) is 30.3 Å². The Labute approximate surface area is 332 Å². The van der Waals surface area contributed by atoms with Gasteiger partial charge in [-0.05, 0) is 80.2 Å². The highest BCUT2D eigenvalue weighted by Crippen LogP contribution is 2.50. The first-order valence-electron chi connectivity index (χ1n) is 19.6. The number of aromatic nitrogens is 4. The Kier molecular flexibility index (Phi) is 6.38. The minimum Gasteiger partial charge on any atom is -0.454 e. The minimum absolute atomic E-state index is 0.590. The van der Waals surface area contributed by atoms with E-state index in [9.17, 15) is 0 Å². The fourth-order valence-corrected chi connectivity index (χ4v) is 9.37. The van der Waals surface area contributed by atoms with Crippen molar-refractivity contribution in [1.82, 2.24) is 19.5 Å². The number of benzene rings is 9. The number of rotatable bonds is 4. The van der Waals surface area contributed by atoms with E-state index in [1.54, 1.807) is 0 Å². The smallest absolute Gasteiger partial charge is 0.164 e. The average Bonchev–Trinajstić information content (AvgIpc) is 3.80. The molecule has 13 rings (SSSR count). The molecule has 5 heteroatoms. The normalized spacial score (nSPS) is 12.1. The summed E-state index contributed by atoms with van der Waals surface area (Å²) in [6.45, 7) is 0. The Morgan fingerprint density at radius 1 is 0.362 bits per heavy atom. The second kappa shape index (κ2) is 11.8. The summed E-state index contributed by atoms with van der Waals surface area (Å²) in [5.41, 5.74) is 12.7. The molecule has 1 aliphatic rings. The van der Waals surface area contributed by atoms with Crippen molar-refractivity contribution in [2.75, 3.05) is 0 Å². The van der Waals surface area contributed by atoms with Crippen LogP contribution in [0.3, 0.4) is 0 Å². The highest BCUT2D eigenvalue weighted by molar-refractivity contribution is 6.30. The van der Waals surface area contributed by atoms with Crippen LogP contribution in [0.2, 0.25) is 0 Å². The molecule has 3 aromatic heterocycles. The van der Waals surface area contributed by atoms with Gasteiger partial charge >= 0.3 is 0 Å². The van der Waals surface area contributed by atoms with Gasteiger partial charge in [-0.25, -0.2) is 15.0 Å². The summed E-state index contributed by atoms with van der Waals surface area (Å²) in [4.78, 5) is 15.1. The van der Waals surface area contributed by atoms with E-state index >= 15 is 0 Å². The lowest BCUT2D eigenvalue weighted by atomic mass is 9.93. The Hall–Kier alpha value is -7.89. The molecule has 3 heterocycles. The van der Waals surface area contributed by atoms with Crippen molar-refractivity contribution in [3.63, 3.8) is 0 Å². The number of fused-ring (bicyclic) bond motifs is 7. The molecule has 0 N–H and O–H groups in total. The van der Waals surface area contributed by atoms with Gasteiger partial charge in [0, 0.05) is 38.2 Å². The van der Waals surface area contributed by atoms with E-state index < -0.39 is 0 Å². The molecule has 0 saturated heterocycles. The standard InChI is InChI=1S/C53H30N4O/c1-2-12-33(13-3-1)51-54-52(35-24-23-31-11-4-5-14-34(31)29-35)56-53(55-51)36-25-27-39-42-20-10-22-45(50(42)58-46(39)30-36)57-43-21-9-19-41-38-17-7-6-16-37(38)40-18-8-15-32-26-28-44(57)49(47(32)40)48(41)43/h1-30H. The van der Waals surface area contributed by atoms with Crippen LogP contribution >= 0.6 is 0 Å². The molecule has 9 aromatic carbocycles. The SMILES string of the molecule is c1ccc(-c2nc(-c3ccc4ccccc4c3)nc(-c3ccc4c(c3)oc3c(-n5c6cccc7c6c6c8c(cccc8ccc65)-c5ccccc5-7)cccc34)n2)cc1. The third-order valence-electron chi connectivity index (χ3n) is 12.0. The van der Waals surface area contributed by atoms with Crippen LogP contribution in [-0.2, 0) is 0 Å². The molecule has 12 aromatic rings. The van der Waals surface area contributed by atoms with E-state index in [0.29, 0.717) is 17.5 Å². The summed E-state index contributed by atoms with van der Waals surface area (Å²) in [5, 5.41) is 9.47. The maximum Gasteiger partial charge on any atom is 0.164 e. The molecular formula is C53H30N4O. The predicted molar refractivity (Wildman–Crippen MR) is 237 cm³/mol. The second-order valence-corrected chi connectivity index (χ2v) is 15.1. The van der Waals surface area contributed by atoms with Crippen molar-refractivity contribution in [2.45, 2.75) is 0 Å². The van der Waals surface area contributed by atoms with Gasteiger partial charge in [0.25, 0.3) is 0 Å². The van der Waals surface area contributed by atoms with Gasteiger partial charge in [-0.3, -0.25) is 0 Å². The largest absolute Gasteiger partial charge is 0.454 e. The van der Waals surface area contributed by atoms with Gasteiger partial charge in [-0.15, -0.1) is 0 Å². The number of furan rings is 1. The van der Waals surface area contributed by atoms with Gasteiger partial charge in [0.1, 0.15) is 5.58 Å². The maximum atomic E-state index is 6.97. The number of nitrogens with zero attached hydrogens (tertiary/aromatic N) is 4. The van der Waals surface area contributed by atoms with E-state index in [4.69, 9.17) is 19.4 Å². The molecule has 0 amide bonds. The molecule has 1 aliphatic carbocycles. The quantitative estimate of drug-likeness (QED) is 0.180. The van der Waals surface area contributed by atoms with E-state index in [0.717, 1.165) is 60.7 Å². The molecule has 268 valence electrons. The lowest BCUT2D eigenvalue weighted by Gasteiger charge is -2.13. The van der Waals surface area contributed by atoms with Crippen LogP contribution in [0, 0.1) is 0 Å². The van der Waals surface area contributed by atoms with Crippen molar-refractivity contribution in [3.05, 3.63) is 182 Å². The number of hydrogen-bond donors (Lipinski definition) is 0. The number of hydrogen-bond acceptors (Lipinski definition) is 4. The van der Waals surface area contributed by atoms with E-state index in [-0.39, 0.29) is 0 Å². The zero-order chi connectivity index (χ0) is 37.9. The van der Waals surface area contributed by atoms with E-state index in [1.165, 1.54) is 49.2 Å². The lowest BCUT2D eigenvalue weighted by molar-refractivity contribution is 0.666. The first kappa shape index (κ1) is 31.3. The molecule has 5 nitrogen and oxygen atoms in total. The highest BCUT2D eigenvalue weighted by atomic mass is 16.3. The van der Waals surface area contributed by atoms with Crippen LogP contribution in [0.1, 0.15) is 0 Å². The van der Waals surface area contributed by atoms with E-state index in [2.05, 4.69) is 156 Å². The van der Waals surface area contributed by atoms with Gasteiger partial charge in [0.05, 0.1) is 16.7 Å². The number of para-hydroxylation sites is 1. The van der Waals surface area contributed by atoms with Crippen LogP contribution in [-0.4, -0.2) is 19.5 Å². The van der Waals surface area contributed by atoms with Crippen molar-refractivity contribution in [2.24, 2.45) is 0 Å². The van der Waals surface area contributed by atoms with Gasteiger partial charge in [-0.1, -0.05) is 146 Å². The van der Waals surface area contributed by atoms with Gasteiger partial charge < -0.3 is 8.98 Å². The summed E-state index contributed by atoms with van der Waals surface area (Å²) < 4.78 is 9.37. The molecule has 0 bridgehead atoms. The third-order valence-corrected chi connectivity index (χ3v) is 12.0. The molecule has 0 unspecified atom stereocenters. The minimum atomic E-state index is 0.590. The molecule has 0 aliphatic heterocycles. The Balaban J connectivity index is 1.03. The van der Waals surface area contributed by atoms with Crippen LogP contribution in [0.25, 0.3) is 127 Å². The summed E-state index contributed by atoms with van der Waals surface area (Å²) in [5.74, 6) is 1.84. The van der Waals surface area contributed by atoms with Crippen molar-refractivity contribution in [1.29, 1.82) is 0 Å². The van der Waals surface area contributed by atoms with Crippen LogP contribution in [0.4, 0.5) is 0 Å². The monoisotopic (exact) mass is 738 g/mol. The Morgan fingerprint density at radius 3 is 1.79 bits per heavy atom. The molecule has 0 fully saturated rings. The molecular weight excluding hydrogens is 709 g/mol. The summed E-state index contributed by atoms with van der Waals surface area (Å²) in [6, 6.07) is 64.4. The van der Waals surface area contributed by atoms with Gasteiger partial charge in [-0.2, -0.15) is 0 Å². The summed E-state index contributed by atoms with van der Waals surface area (Å²) >= 11 is 0. The zero-order valence-electron chi connectivity index (χ0n) is 31.0. The lowest BCUT2D eigenvalue weighted by Crippen LogP contribution is -2.00. The summed E-state index contributed by atoms with van der Waals surface area (Å²) in [7, 11) is 0. The Bertz CT molecular complexity index is 3690. The van der Waals surface area contributed by atoms with Gasteiger partial charge in [0.2, 0.25) is 0 Å². The third kappa shape index (κ3) is 4.44. The average molecular weight is 739 g/mol. The van der Waals surface area contributed by atoms with Gasteiger partial charge in [0.15, 0.2) is 23.1 Å². The molecule has 58 heavy (non-hydrogen) atoms. The zero-order valence-corrected chi connectivity index (χ0v) is 31.0. The van der Waals surface area contributed by atoms with Crippen molar-refractivity contribution in [3.8, 4) is 62.1 Å². The molecule has 0 atom stereocenters. The second-order valence-electron chi connectivity index (χ2n) is 15.1. The maximum absolute atomic E-state index is 6.97. The first-order valence-corrected chi connectivity index (χ1v) is 19.6. The fraction of sp³-hybridized carbons (Fsp3) is 0. The molecule has 0 radical (unpaired) electrons. The topological polar surface area (TPSA) is 56.7 Å². The Morgan fingerprint density at radius 2 is 0.966 bits per heavy atom. The van der Waals surface area contributed by atoms with Crippen molar-refractivity contribution >= 4 is 65.3 Å². The predicted octanol–water partition coefficient (Wildman–Crippen LogP) is 13.8. The van der Waals surface area contributed by atoms with Crippen molar-refractivity contribution < 1.29 is 4.42 Å². The van der Waals surface area contributed by atoms with Crippen LogP contribution in [0.15, 0.2) is 186 Å². The van der Waals surface area contributed by atoms with Crippen LogP contribution in [0.5, 0.6) is 0 Å². The highest BCUT2D eigenvalue weighted by Gasteiger charge is 2.26. The first-order chi connectivity index (χ1) is 28.7. The summed E-state index contributed by atoms with van der Waals surface area (Å²) in [6.07, 6.45) is 0. The molecule has 0 spiro atoms. The fourth-order valence-electron chi connectivity index (χ4n) is 9.37. The van der Waals surface area contributed by atoms with Crippen LogP contribution < -0.4 is 0 Å². The molecule has 0 saturated carbocycles.